The third-order valence-corrected chi connectivity index (χ3v) is 5.59. The van der Waals surface area contributed by atoms with Gasteiger partial charge in [0.05, 0.1) is 18.3 Å². The molecule has 0 radical (unpaired) electrons. The van der Waals surface area contributed by atoms with Crippen molar-refractivity contribution in [3.63, 3.8) is 0 Å². The Balaban J connectivity index is 1.66. The van der Waals surface area contributed by atoms with Crippen molar-refractivity contribution in [2.24, 2.45) is 5.41 Å². The number of ether oxygens (including phenoxy) is 2. The number of carbonyl (C=O) groups excluding carboxylic acids is 1. The summed E-state index contributed by atoms with van der Waals surface area (Å²) < 4.78 is 13.0. The largest absolute Gasteiger partial charge is 0.489 e. The standard InChI is InChI=1S/C16H17BrO3/c17-10-1-2-14-12(7-10)13(18)8-15(20-14)16-5-3-11(4-6-16)19-9-16/h1-2,7,11,15H,3-6,8-9H2. The van der Waals surface area contributed by atoms with Gasteiger partial charge in [0.15, 0.2) is 5.78 Å². The SMILES string of the molecule is O=C1CC(C23CCC(CC2)OC3)Oc2ccc(Br)cc21. The van der Waals surface area contributed by atoms with Crippen molar-refractivity contribution < 1.29 is 14.3 Å². The second-order valence-electron chi connectivity index (χ2n) is 6.25. The van der Waals surface area contributed by atoms with Crippen LogP contribution in [-0.2, 0) is 4.74 Å². The fourth-order valence-corrected chi connectivity index (χ4v) is 4.17. The highest BCUT2D eigenvalue weighted by Crippen LogP contribution is 2.49. The lowest BCUT2D eigenvalue weighted by atomic mass is 9.66. The molecule has 1 saturated carbocycles. The summed E-state index contributed by atoms with van der Waals surface area (Å²) in [6.07, 6.45) is 5.38. The molecule has 1 aromatic rings. The number of fused-ring (bicyclic) bond motifs is 4. The molecule has 1 unspecified atom stereocenters. The van der Waals surface area contributed by atoms with Crippen molar-refractivity contribution in [3.8, 4) is 5.75 Å². The van der Waals surface area contributed by atoms with E-state index in [0.29, 0.717) is 18.1 Å². The molecule has 4 aliphatic rings. The Morgan fingerprint density at radius 1 is 1.25 bits per heavy atom. The monoisotopic (exact) mass is 336 g/mol. The number of benzene rings is 1. The van der Waals surface area contributed by atoms with Crippen molar-refractivity contribution >= 4 is 21.7 Å². The Kier molecular flexibility index (Phi) is 2.93. The molecule has 1 aromatic carbocycles. The van der Waals surface area contributed by atoms with Gasteiger partial charge in [-0.2, -0.15) is 0 Å². The van der Waals surface area contributed by atoms with Crippen LogP contribution in [0.25, 0.3) is 0 Å². The maximum absolute atomic E-state index is 12.4. The molecule has 20 heavy (non-hydrogen) atoms. The lowest BCUT2D eigenvalue weighted by Gasteiger charge is -2.50. The minimum atomic E-state index is -0.0232. The van der Waals surface area contributed by atoms with Crippen LogP contribution >= 0.6 is 15.9 Å². The molecular formula is C16H17BrO3. The zero-order valence-corrected chi connectivity index (χ0v) is 12.8. The van der Waals surface area contributed by atoms with E-state index in [9.17, 15) is 4.79 Å². The van der Waals surface area contributed by atoms with E-state index in [2.05, 4.69) is 15.9 Å². The summed E-state index contributed by atoms with van der Waals surface area (Å²) in [6, 6.07) is 5.69. The summed E-state index contributed by atoms with van der Waals surface area (Å²) in [4.78, 5) is 12.4. The zero-order valence-electron chi connectivity index (χ0n) is 11.2. The maximum Gasteiger partial charge on any atom is 0.170 e. The molecule has 106 valence electrons. The Morgan fingerprint density at radius 3 is 2.75 bits per heavy atom. The van der Waals surface area contributed by atoms with Crippen LogP contribution in [0.3, 0.4) is 0 Å². The van der Waals surface area contributed by atoms with Gasteiger partial charge in [0.1, 0.15) is 11.9 Å². The number of Topliss-reactive ketones (excluding diaryl/α,β-unsaturated/α-hetero) is 1. The molecule has 2 saturated heterocycles. The summed E-state index contributed by atoms with van der Waals surface area (Å²) >= 11 is 3.41. The predicted octanol–water partition coefficient (Wildman–Crippen LogP) is 3.74. The fourth-order valence-electron chi connectivity index (χ4n) is 3.81. The Bertz CT molecular complexity index is 547. The molecule has 0 N–H and O–H groups in total. The minimum absolute atomic E-state index is 0.0232. The molecule has 4 heteroatoms. The van der Waals surface area contributed by atoms with Gasteiger partial charge in [0.25, 0.3) is 0 Å². The van der Waals surface area contributed by atoms with E-state index in [-0.39, 0.29) is 17.3 Å². The average molecular weight is 337 g/mol. The molecule has 3 nitrogen and oxygen atoms in total. The topological polar surface area (TPSA) is 35.5 Å². The molecular weight excluding hydrogens is 320 g/mol. The molecule has 3 fully saturated rings. The summed E-state index contributed by atoms with van der Waals surface area (Å²) in [7, 11) is 0. The highest BCUT2D eigenvalue weighted by Gasteiger charge is 2.50. The first-order valence-electron chi connectivity index (χ1n) is 7.27. The number of hydrogen-bond acceptors (Lipinski definition) is 3. The van der Waals surface area contributed by atoms with Gasteiger partial charge in [0.2, 0.25) is 0 Å². The lowest BCUT2D eigenvalue weighted by molar-refractivity contribution is -0.153. The second-order valence-corrected chi connectivity index (χ2v) is 7.16. The predicted molar refractivity (Wildman–Crippen MR) is 78.1 cm³/mol. The molecule has 1 aliphatic carbocycles. The molecule has 1 atom stereocenters. The van der Waals surface area contributed by atoms with Crippen LogP contribution in [0.4, 0.5) is 0 Å². The lowest BCUT2D eigenvalue weighted by Crippen LogP contribution is -2.53. The quantitative estimate of drug-likeness (QED) is 0.783. The summed E-state index contributed by atoms with van der Waals surface area (Å²) in [5, 5.41) is 0. The first-order valence-corrected chi connectivity index (χ1v) is 8.07. The number of halogens is 1. The molecule has 0 spiro atoms. The maximum atomic E-state index is 12.4. The van der Waals surface area contributed by atoms with Gasteiger partial charge < -0.3 is 9.47 Å². The van der Waals surface area contributed by atoms with Crippen molar-refractivity contribution in [2.45, 2.75) is 44.3 Å². The summed E-state index contributed by atoms with van der Waals surface area (Å²) in [5.41, 5.74) is 0.757. The normalized spacial score (nSPS) is 35.5. The van der Waals surface area contributed by atoms with Crippen LogP contribution in [0.15, 0.2) is 22.7 Å². The minimum Gasteiger partial charge on any atom is -0.489 e. The Morgan fingerprint density at radius 2 is 2.05 bits per heavy atom. The molecule has 0 amide bonds. The Hall–Kier alpha value is -0.870. The van der Waals surface area contributed by atoms with Crippen LogP contribution in [0.1, 0.15) is 42.5 Å². The van der Waals surface area contributed by atoms with E-state index < -0.39 is 0 Å². The van der Waals surface area contributed by atoms with E-state index in [1.54, 1.807) is 0 Å². The highest BCUT2D eigenvalue weighted by atomic mass is 79.9. The van der Waals surface area contributed by atoms with Gasteiger partial charge in [-0.3, -0.25) is 4.79 Å². The number of rotatable bonds is 1. The van der Waals surface area contributed by atoms with Gasteiger partial charge in [0, 0.05) is 16.3 Å². The first-order chi connectivity index (χ1) is 9.66. The molecule has 5 rings (SSSR count). The van der Waals surface area contributed by atoms with Gasteiger partial charge in [-0.1, -0.05) is 15.9 Å². The average Bonchev–Trinajstić information content (AvgIpc) is 2.50. The molecule has 2 bridgehead atoms. The number of hydrogen-bond donors (Lipinski definition) is 0. The fraction of sp³-hybridized carbons (Fsp3) is 0.562. The van der Waals surface area contributed by atoms with Crippen LogP contribution in [-0.4, -0.2) is 24.6 Å². The summed E-state index contributed by atoms with van der Waals surface area (Å²) in [5.74, 6) is 0.927. The molecule has 3 aliphatic heterocycles. The molecule has 0 aromatic heterocycles. The van der Waals surface area contributed by atoms with E-state index in [1.807, 2.05) is 18.2 Å². The van der Waals surface area contributed by atoms with Gasteiger partial charge in [-0.15, -0.1) is 0 Å². The third kappa shape index (κ3) is 1.92. The highest BCUT2D eigenvalue weighted by molar-refractivity contribution is 9.10. The van der Waals surface area contributed by atoms with Crippen LogP contribution in [0.2, 0.25) is 0 Å². The van der Waals surface area contributed by atoms with Crippen molar-refractivity contribution in [1.29, 1.82) is 0 Å². The van der Waals surface area contributed by atoms with Crippen molar-refractivity contribution in [1.82, 2.24) is 0 Å². The van der Waals surface area contributed by atoms with Crippen molar-refractivity contribution in [3.05, 3.63) is 28.2 Å². The van der Waals surface area contributed by atoms with E-state index >= 15 is 0 Å². The van der Waals surface area contributed by atoms with Gasteiger partial charge >= 0.3 is 0 Å². The van der Waals surface area contributed by atoms with Crippen molar-refractivity contribution in [2.75, 3.05) is 6.61 Å². The summed E-state index contributed by atoms with van der Waals surface area (Å²) in [6.45, 7) is 0.751. The number of ketones is 1. The number of carbonyl (C=O) groups is 1. The van der Waals surface area contributed by atoms with E-state index in [4.69, 9.17) is 9.47 Å². The van der Waals surface area contributed by atoms with E-state index in [0.717, 1.165) is 42.5 Å². The van der Waals surface area contributed by atoms with Crippen LogP contribution in [0, 0.1) is 5.41 Å². The third-order valence-electron chi connectivity index (χ3n) is 5.10. The van der Waals surface area contributed by atoms with Gasteiger partial charge in [-0.25, -0.2) is 0 Å². The van der Waals surface area contributed by atoms with Crippen LogP contribution < -0.4 is 4.74 Å². The smallest absolute Gasteiger partial charge is 0.170 e. The first kappa shape index (κ1) is 12.8. The molecule has 3 heterocycles. The second kappa shape index (κ2) is 4.57. The van der Waals surface area contributed by atoms with Crippen LogP contribution in [0.5, 0.6) is 5.75 Å². The zero-order chi connectivity index (χ0) is 13.7. The van der Waals surface area contributed by atoms with E-state index in [1.165, 1.54) is 0 Å². The Labute approximate surface area is 126 Å². The van der Waals surface area contributed by atoms with Gasteiger partial charge in [-0.05, 0) is 43.9 Å².